The number of hydrogen-bond acceptors (Lipinski definition) is 4. The first kappa shape index (κ1) is 13.1. The van der Waals surface area contributed by atoms with E-state index in [0.29, 0.717) is 18.7 Å². The second-order valence-corrected chi connectivity index (χ2v) is 4.30. The molecule has 0 aromatic carbocycles. The lowest BCUT2D eigenvalue weighted by atomic mass is 10.2. The smallest absolute Gasteiger partial charge is 0.273 e. The molecule has 2 aromatic rings. The standard InChI is InChI=1S/C12H18N6O/c1-3-9-10(13)11(16-15-9)12(19)14-6-4-8-5-7-18(2)17-8/h5,7H,3-4,6,13H2,1-2H3,(H,14,19)(H,15,16). The summed E-state index contributed by atoms with van der Waals surface area (Å²) >= 11 is 0. The molecule has 0 unspecified atom stereocenters. The van der Waals surface area contributed by atoms with E-state index in [2.05, 4.69) is 20.6 Å². The van der Waals surface area contributed by atoms with Crippen molar-refractivity contribution in [3.05, 3.63) is 29.3 Å². The van der Waals surface area contributed by atoms with Crippen molar-refractivity contribution < 1.29 is 4.79 Å². The molecule has 2 rings (SSSR count). The minimum atomic E-state index is -0.260. The Hall–Kier alpha value is -2.31. The van der Waals surface area contributed by atoms with Crippen LogP contribution >= 0.6 is 0 Å². The zero-order valence-corrected chi connectivity index (χ0v) is 11.1. The second-order valence-electron chi connectivity index (χ2n) is 4.30. The fourth-order valence-electron chi connectivity index (χ4n) is 1.81. The Morgan fingerprint density at radius 1 is 1.58 bits per heavy atom. The Labute approximate surface area is 111 Å². The van der Waals surface area contributed by atoms with Crippen molar-refractivity contribution in [1.29, 1.82) is 0 Å². The zero-order chi connectivity index (χ0) is 13.8. The van der Waals surface area contributed by atoms with Crippen LogP contribution in [0, 0.1) is 0 Å². The molecule has 0 aliphatic carbocycles. The van der Waals surface area contributed by atoms with E-state index in [4.69, 9.17) is 5.73 Å². The molecule has 19 heavy (non-hydrogen) atoms. The lowest BCUT2D eigenvalue weighted by Crippen LogP contribution is -2.27. The average Bonchev–Trinajstić information content (AvgIpc) is 2.95. The van der Waals surface area contributed by atoms with Gasteiger partial charge in [0.05, 0.1) is 17.1 Å². The summed E-state index contributed by atoms with van der Waals surface area (Å²) in [5.41, 5.74) is 8.25. The van der Waals surface area contributed by atoms with Gasteiger partial charge in [0.15, 0.2) is 5.69 Å². The molecule has 0 fully saturated rings. The van der Waals surface area contributed by atoms with E-state index in [1.54, 1.807) is 4.68 Å². The van der Waals surface area contributed by atoms with E-state index in [-0.39, 0.29) is 11.6 Å². The number of amides is 1. The van der Waals surface area contributed by atoms with Crippen LogP contribution in [0.1, 0.15) is 28.8 Å². The van der Waals surface area contributed by atoms with Gasteiger partial charge in [-0.25, -0.2) is 0 Å². The first-order valence-corrected chi connectivity index (χ1v) is 6.21. The number of nitrogens with zero attached hydrogens (tertiary/aromatic N) is 3. The quantitative estimate of drug-likeness (QED) is 0.719. The number of anilines is 1. The number of hydrogen-bond donors (Lipinski definition) is 3. The molecule has 1 amide bonds. The molecule has 0 atom stereocenters. The fraction of sp³-hybridized carbons (Fsp3) is 0.417. The highest BCUT2D eigenvalue weighted by molar-refractivity contribution is 5.97. The van der Waals surface area contributed by atoms with Crippen LogP contribution in [0.5, 0.6) is 0 Å². The van der Waals surface area contributed by atoms with Crippen molar-refractivity contribution in [3.8, 4) is 0 Å². The van der Waals surface area contributed by atoms with Crippen molar-refractivity contribution in [2.24, 2.45) is 7.05 Å². The Balaban J connectivity index is 1.89. The van der Waals surface area contributed by atoms with Crippen molar-refractivity contribution >= 4 is 11.6 Å². The van der Waals surface area contributed by atoms with Crippen molar-refractivity contribution in [2.45, 2.75) is 19.8 Å². The molecule has 0 bridgehead atoms. The maximum atomic E-state index is 11.9. The first-order chi connectivity index (χ1) is 9.11. The maximum absolute atomic E-state index is 11.9. The van der Waals surface area contributed by atoms with Gasteiger partial charge in [-0.1, -0.05) is 6.92 Å². The Bertz CT molecular complexity index is 571. The van der Waals surface area contributed by atoms with E-state index in [9.17, 15) is 4.79 Å². The molecule has 0 radical (unpaired) electrons. The average molecular weight is 262 g/mol. The molecule has 2 aromatic heterocycles. The van der Waals surface area contributed by atoms with Gasteiger partial charge < -0.3 is 11.1 Å². The van der Waals surface area contributed by atoms with Gasteiger partial charge in [0.1, 0.15) is 0 Å². The molecule has 4 N–H and O–H groups in total. The molecule has 0 saturated carbocycles. The minimum Gasteiger partial charge on any atom is -0.395 e. The SMILES string of the molecule is CCc1[nH]nc(C(=O)NCCc2ccn(C)n2)c1N. The third-order valence-corrected chi connectivity index (χ3v) is 2.89. The van der Waals surface area contributed by atoms with Gasteiger partial charge >= 0.3 is 0 Å². The Morgan fingerprint density at radius 3 is 2.95 bits per heavy atom. The largest absolute Gasteiger partial charge is 0.395 e. The van der Waals surface area contributed by atoms with E-state index in [1.807, 2.05) is 26.2 Å². The summed E-state index contributed by atoms with van der Waals surface area (Å²) in [7, 11) is 1.86. The molecule has 0 aliphatic heterocycles. The molecular weight excluding hydrogens is 244 g/mol. The van der Waals surface area contributed by atoms with Gasteiger partial charge in [-0.15, -0.1) is 0 Å². The summed E-state index contributed by atoms with van der Waals surface area (Å²) < 4.78 is 1.73. The van der Waals surface area contributed by atoms with E-state index in [1.165, 1.54) is 0 Å². The topological polar surface area (TPSA) is 102 Å². The number of rotatable bonds is 5. The summed E-state index contributed by atoms with van der Waals surface area (Å²) in [6.07, 6.45) is 3.27. The van der Waals surface area contributed by atoms with Crippen molar-refractivity contribution in [1.82, 2.24) is 25.3 Å². The third kappa shape index (κ3) is 2.93. The molecule has 102 valence electrons. The predicted molar refractivity (Wildman–Crippen MR) is 71.6 cm³/mol. The number of H-pyrrole nitrogens is 1. The summed E-state index contributed by atoms with van der Waals surface area (Å²) in [5, 5.41) is 13.7. The molecule has 7 nitrogen and oxygen atoms in total. The number of nitrogen functional groups attached to an aromatic ring is 1. The number of aromatic amines is 1. The highest BCUT2D eigenvalue weighted by Gasteiger charge is 2.15. The predicted octanol–water partition coefficient (Wildman–Crippen LogP) is 0.260. The van der Waals surface area contributed by atoms with Gasteiger partial charge in [0.2, 0.25) is 0 Å². The molecule has 0 saturated heterocycles. The summed E-state index contributed by atoms with van der Waals surface area (Å²) in [6, 6.07) is 1.92. The van der Waals surface area contributed by atoms with Crippen molar-refractivity contribution in [3.63, 3.8) is 0 Å². The maximum Gasteiger partial charge on any atom is 0.273 e. The fourth-order valence-corrected chi connectivity index (χ4v) is 1.81. The van der Waals surface area contributed by atoms with Crippen LogP contribution in [0.25, 0.3) is 0 Å². The highest BCUT2D eigenvalue weighted by atomic mass is 16.1. The van der Waals surface area contributed by atoms with Crippen LogP contribution < -0.4 is 11.1 Å². The molecule has 0 aliphatic rings. The van der Waals surface area contributed by atoms with Gasteiger partial charge in [-0.3, -0.25) is 14.6 Å². The Morgan fingerprint density at radius 2 is 2.37 bits per heavy atom. The van der Waals surface area contributed by atoms with E-state index >= 15 is 0 Å². The van der Waals surface area contributed by atoms with Crippen molar-refractivity contribution in [2.75, 3.05) is 12.3 Å². The van der Waals surface area contributed by atoms with E-state index < -0.39 is 0 Å². The molecule has 7 heteroatoms. The number of carbonyl (C=O) groups is 1. The number of aryl methyl sites for hydroxylation is 2. The molecular formula is C12H18N6O. The normalized spacial score (nSPS) is 10.6. The summed E-state index contributed by atoms with van der Waals surface area (Å²) in [4.78, 5) is 11.9. The molecule has 0 spiro atoms. The van der Waals surface area contributed by atoms with Crippen LogP contribution in [0.3, 0.4) is 0 Å². The van der Waals surface area contributed by atoms with Crippen LogP contribution in [-0.4, -0.2) is 32.4 Å². The van der Waals surface area contributed by atoms with Crippen LogP contribution in [0.2, 0.25) is 0 Å². The number of carbonyl (C=O) groups excluding carboxylic acids is 1. The number of nitrogens with one attached hydrogen (secondary N) is 2. The van der Waals surface area contributed by atoms with Crippen LogP contribution in [0.15, 0.2) is 12.3 Å². The first-order valence-electron chi connectivity index (χ1n) is 6.21. The van der Waals surface area contributed by atoms with Gasteiger partial charge in [0, 0.05) is 26.2 Å². The van der Waals surface area contributed by atoms with Gasteiger partial charge in [-0.05, 0) is 12.5 Å². The monoisotopic (exact) mass is 262 g/mol. The molecule has 2 heterocycles. The van der Waals surface area contributed by atoms with Crippen LogP contribution in [0.4, 0.5) is 5.69 Å². The summed E-state index contributed by atoms with van der Waals surface area (Å²) in [6.45, 7) is 2.45. The second kappa shape index (κ2) is 5.55. The van der Waals surface area contributed by atoms with E-state index in [0.717, 1.165) is 17.8 Å². The lowest BCUT2D eigenvalue weighted by molar-refractivity contribution is 0.0950. The van der Waals surface area contributed by atoms with Gasteiger partial charge in [-0.2, -0.15) is 10.2 Å². The van der Waals surface area contributed by atoms with Crippen LogP contribution in [-0.2, 0) is 19.9 Å². The zero-order valence-electron chi connectivity index (χ0n) is 11.1. The summed E-state index contributed by atoms with van der Waals surface area (Å²) in [5.74, 6) is -0.260. The Kier molecular flexibility index (Phi) is 3.84. The number of aromatic nitrogens is 4. The lowest BCUT2D eigenvalue weighted by Gasteiger charge is -2.02. The third-order valence-electron chi connectivity index (χ3n) is 2.89. The highest BCUT2D eigenvalue weighted by Crippen LogP contribution is 2.13. The minimum absolute atomic E-state index is 0.260. The number of nitrogens with two attached hydrogens (primary N) is 1. The van der Waals surface area contributed by atoms with Gasteiger partial charge in [0.25, 0.3) is 5.91 Å².